The van der Waals surface area contributed by atoms with E-state index < -0.39 is 0 Å². The maximum absolute atomic E-state index is 12.4. The molecule has 2 amide bonds. The number of urea groups is 1. The Hall–Kier alpha value is -1.59. The molecule has 0 radical (unpaired) electrons. The van der Waals surface area contributed by atoms with Crippen molar-refractivity contribution in [2.45, 2.75) is 84.0 Å². The van der Waals surface area contributed by atoms with Gasteiger partial charge in [-0.05, 0) is 51.5 Å². The second-order valence-corrected chi connectivity index (χ2v) is 8.96. The van der Waals surface area contributed by atoms with Crippen LogP contribution in [0.1, 0.15) is 72.5 Å². The summed E-state index contributed by atoms with van der Waals surface area (Å²) in [5.74, 6) is 0.254. The zero-order valence-electron chi connectivity index (χ0n) is 19.0. The molecule has 2 rings (SSSR count). The van der Waals surface area contributed by atoms with Crippen LogP contribution in [-0.4, -0.2) is 47.2 Å². The van der Waals surface area contributed by atoms with Crippen molar-refractivity contribution in [2.24, 2.45) is 5.92 Å². The molecule has 5 heteroatoms. The molecule has 1 N–H and O–H groups in total. The number of rotatable bonds is 6. The summed E-state index contributed by atoms with van der Waals surface area (Å²) in [6.45, 7) is 13.3. The predicted octanol–water partition coefficient (Wildman–Crippen LogP) is 5.00. The molecule has 1 aromatic carbocycles. The van der Waals surface area contributed by atoms with Crippen LogP contribution in [0.2, 0.25) is 0 Å². The molecule has 5 nitrogen and oxygen atoms in total. The summed E-state index contributed by atoms with van der Waals surface area (Å²) < 4.78 is 0. The smallest absolute Gasteiger partial charge is 0.317 e. The fourth-order valence-corrected chi connectivity index (χ4v) is 4.38. The molecule has 0 bridgehead atoms. The molecule has 1 heterocycles. The second-order valence-electron chi connectivity index (χ2n) is 8.96. The van der Waals surface area contributed by atoms with E-state index in [4.69, 9.17) is 4.84 Å². The fourth-order valence-electron chi connectivity index (χ4n) is 4.38. The van der Waals surface area contributed by atoms with E-state index in [1.54, 1.807) is 19.0 Å². The number of piperidine rings is 1. The van der Waals surface area contributed by atoms with Gasteiger partial charge in [0.15, 0.2) is 0 Å². The highest BCUT2D eigenvalue weighted by Gasteiger charge is 2.54. The van der Waals surface area contributed by atoms with E-state index in [0.29, 0.717) is 0 Å². The first-order chi connectivity index (χ1) is 13.1. The third-order valence-corrected chi connectivity index (χ3v) is 6.92. The molecule has 5 unspecified atom stereocenters. The number of nitrogens with zero attached hydrogens (tertiary/aromatic N) is 2. The van der Waals surface area contributed by atoms with Gasteiger partial charge in [0.1, 0.15) is 6.10 Å². The van der Waals surface area contributed by atoms with Crippen molar-refractivity contribution in [1.29, 1.82) is 0 Å². The standard InChI is InChI=1S/C23H39N3O2/c1-9-22(5)16-20(24-21(27)25(7)8)17(3)23(6,10-2)26(22)28-18(4)19-14-12-11-13-15-19/h11-15,17-18,20H,9-10,16H2,1-8H3,(H,24,27). The van der Waals surface area contributed by atoms with Gasteiger partial charge in [-0.1, -0.05) is 51.1 Å². The van der Waals surface area contributed by atoms with Crippen LogP contribution in [0.15, 0.2) is 30.3 Å². The van der Waals surface area contributed by atoms with Crippen molar-refractivity contribution in [3.8, 4) is 0 Å². The summed E-state index contributed by atoms with van der Waals surface area (Å²) in [5, 5.41) is 5.52. The lowest BCUT2D eigenvalue weighted by atomic mass is 9.68. The highest BCUT2D eigenvalue weighted by atomic mass is 16.7. The molecule has 0 spiro atoms. The zero-order chi connectivity index (χ0) is 21.1. The van der Waals surface area contributed by atoms with Gasteiger partial charge in [-0.25, -0.2) is 4.79 Å². The van der Waals surface area contributed by atoms with E-state index in [1.807, 2.05) is 6.07 Å². The lowest BCUT2D eigenvalue weighted by Crippen LogP contribution is -2.70. The molecule has 1 fully saturated rings. The Bertz CT molecular complexity index is 651. The van der Waals surface area contributed by atoms with Crippen LogP contribution in [0.4, 0.5) is 4.79 Å². The van der Waals surface area contributed by atoms with Gasteiger partial charge in [-0.3, -0.25) is 4.84 Å². The van der Waals surface area contributed by atoms with Crippen LogP contribution in [0.5, 0.6) is 0 Å². The Morgan fingerprint density at radius 3 is 2.36 bits per heavy atom. The number of hydrogen-bond donors (Lipinski definition) is 1. The molecule has 1 aliphatic rings. The molecule has 28 heavy (non-hydrogen) atoms. The van der Waals surface area contributed by atoms with Gasteiger partial charge in [0.05, 0.1) is 0 Å². The number of amides is 2. The Labute approximate surface area is 171 Å². The van der Waals surface area contributed by atoms with E-state index in [2.05, 4.69) is 76.2 Å². The van der Waals surface area contributed by atoms with Crippen LogP contribution in [0.25, 0.3) is 0 Å². The monoisotopic (exact) mass is 389 g/mol. The molecular weight excluding hydrogens is 350 g/mol. The van der Waals surface area contributed by atoms with Gasteiger partial charge in [0.2, 0.25) is 0 Å². The molecule has 5 atom stereocenters. The number of nitrogens with one attached hydrogen (secondary N) is 1. The Balaban J connectivity index is 2.34. The lowest BCUT2D eigenvalue weighted by molar-refractivity contribution is -0.327. The van der Waals surface area contributed by atoms with E-state index in [0.717, 1.165) is 19.3 Å². The van der Waals surface area contributed by atoms with E-state index in [-0.39, 0.29) is 35.2 Å². The Kier molecular flexibility index (Phi) is 7.16. The lowest BCUT2D eigenvalue weighted by Gasteiger charge is -2.60. The quantitative estimate of drug-likeness (QED) is 0.745. The van der Waals surface area contributed by atoms with Gasteiger partial charge in [-0.2, -0.15) is 5.06 Å². The molecule has 1 saturated heterocycles. The normalized spacial score (nSPS) is 32.0. The SMILES string of the molecule is CCC1(C)CC(NC(=O)N(C)C)C(C)C(C)(CC)N1OC(C)c1ccccc1. The van der Waals surface area contributed by atoms with Crippen LogP contribution >= 0.6 is 0 Å². The third kappa shape index (κ3) is 4.36. The highest BCUT2D eigenvalue weighted by Crippen LogP contribution is 2.47. The minimum Gasteiger partial charge on any atom is -0.335 e. The third-order valence-electron chi connectivity index (χ3n) is 6.92. The largest absolute Gasteiger partial charge is 0.335 e. The van der Waals surface area contributed by atoms with E-state index in [1.165, 1.54) is 5.56 Å². The molecule has 0 aromatic heterocycles. The summed E-state index contributed by atoms with van der Waals surface area (Å²) in [5.41, 5.74) is 0.830. The second kappa shape index (κ2) is 8.83. The van der Waals surface area contributed by atoms with E-state index >= 15 is 0 Å². The summed E-state index contributed by atoms with van der Waals surface area (Å²) in [6, 6.07) is 10.5. The predicted molar refractivity (Wildman–Crippen MR) is 115 cm³/mol. The Morgan fingerprint density at radius 1 is 1.25 bits per heavy atom. The van der Waals surface area contributed by atoms with E-state index in [9.17, 15) is 4.79 Å². The van der Waals surface area contributed by atoms with Crippen molar-refractivity contribution in [3.63, 3.8) is 0 Å². The van der Waals surface area contributed by atoms with Gasteiger partial charge in [-0.15, -0.1) is 0 Å². The number of hydrogen-bond acceptors (Lipinski definition) is 3. The topological polar surface area (TPSA) is 44.8 Å². The van der Waals surface area contributed by atoms with Crippen LogP contribution in [0, 0.1) is 5.92 Å². The number of carbonyl (C=O) groups excluding carboxylic acids is 1. The maximum Gasteiger partial charge on any atom is 0.317 e. The van der Waals surface area contributed by atoms with Gasteiger partial charge >= 0.3 is 6.03 Å². The van der Waals surface area contributed by atoms with Crippen molar-refractivity contribution >= 4 is 6.03 Å². The van der Waals surface area contributed by atoms with Crippen molar-refractivity contribution in [2.75, 3.05) is 14.1 Å². The fraction of sp³-hybridized carbons (Fsp3) is 0.696. The van der Waals surface area contributed by atoms with Crippen LogP contribution < -0.4 is 5.32 Å². The molecule has 1 aliphatic heterocycles. The summed E-state index contributed by atoms with van der Waals surface area (Å²) in [6.07, 6.45) is 2.73. The molecule has 158 valence electrons. The molecular formula is C23H39N3O2. The molecule has 0 aliphatic carbocycles. The highest BCUT2D eigenvalue weighted by molar-refractivity contribution is 5.73. The average molecular weight is 390 g/mol. The van der Waals surface area contributed by atoms with Crippen LogP contribution in [-0.2, 0) is 4.84 Å². The van der Waals surface area contributed by atoms with Crippen molar-refractivity contribution in [1.82, 2.24) is 15.3 Å². The summed E-state index contributed by atoms with van der Waals surface area (Å²) >= 11 is 0. The van der Waals surface area contributed by atoms with Crippen LogP contribution in [0.3, 0.4) is 0 Å². The maximum atomic E-state index is 12.4. The first-order valence-electron chi connectivity index (χ1n) is 10.6. The first-order valence-corrected chi connectivity index (χ1v) is 10.6. The molecule has 1 aromatic rings. The Morgan fingerprint density at radius 2 is 1.86 bits per heavy atom. The number of hydroxylamine groups is 2. The summed E-state index contributed by atoms with van der Waals surface area (Å²) in [4.78, 5) is 20.7. The van der Waals surface area contributed by atoms with Gasteiger partial charge in [0.25, 0.3) is 0 Å². The van der Waals surface area contributed by atoms with Crippen molar-refractivity contribution in [3.05, 3.63) is 35.9 Å². The van der Waals surface area contributed by atoms with Gasteiger partial charge in [0, 0.05) is 31.2 Å². The zero-order valence-corrected chi connectivity index (χ0v) is 19.0. The minimum absolute atomic E-state index is 0.0271. The first kappa shape index (κ1) is 22.7. The molecule has 0 saturated carbocycles. The van der Waals surface area contributed by atoms with Gasteiger partial charge < -0.3 is 10.2 Å². The van der Waals surface area contributed by atoms with Crippen molar-refractivity contribution < 1.29 is 9.63 Å². The number of carbonyl (C=O) groups is 1. The average Bonchev–Trinajstić information content (AvgIpc) is 2.69. The number of benzene rings is 1. The summed E-state index contributed by atoms with van der Waals surface area (Å²) in [7, 11) is 3.58. The minimum atomic E-state index is -0.184.